The van der Waals surface area contributed by atoms with Crippen LogP contribution in [0.3, 0.4) is 0 Å². The van der Waals surface area contributed by atoms with Gasteiger partial charge in [-0.3, -0.25) is 4.79 Å². The van der Waals surface area contributed by atoms with Crippen LogP contribution in [-0.4, -0.2) is 72.8 Å². The van der Waals surface area contributed by atoms with Gasteiger partial charge in [0.2, 0.25) is 5.88 Å². The van der Waals surface area contributed by atoms with Crippen LogP contribution in [0, 0.1) is 0 Å². The van der Waals surface area contributed by atoms with Crippen LogP contribution in [0.25, 0.3) is 11.5 Å². The summed E-state index contributed by atoms with van der Waals surface area (Å²) in [6, 6.07) is 5.71. The van der Waals surface area contributed by atoms with E-state index in [0.717, 1.165) is 32.1 Å². The number of hydrogen-bond donors (Lipinski definition) is 3. The lowest BCUT2D eigenvalue weighted by Crippen LogP contribution is -2.32. The number of carbonyl (C=O) groups is 1. The maximum Gasteiger partial charge on any atom is 0.300 e. The summed E-state index contributed by atoms with van der Waals surface area (Å²) >= 11 is 0. The van der Waals surface area contributed by atoms with Crippen LogP contribution >= 0.6 is 0 Å². The van der Waals surface area contributed by atoms with Crippen LogP contribution in [0.2, 0.25) is 0 Å². The number of piperidine rings is 1. The Morgan fingerprint density at radius 1 is 1.16 bits per heavy atom. The van der Waals surface area contributed by atoms with Crippen molar-refractivity contribution in [3.8, 4) is 11.7 Å². The average Bonchev–Trinajstić information content (AvgIpc) is 3.44. The Bertz CT molecular complexity index is 1190. The summed E-state index contributed by atoms with van der Waals surface area (Å²) in [4.78, 5) is 26.0. The van der Waals surface area contributed by atoms with Crippen molar-refractivity contribution in [2.24, 2.45) is 11.6 Å². The first kappa shape index (κ1) is 27.3. The number of nitrogens with zero attached hydrogens (tertiary/aromatic N) is 8. The molecule has 13 heteroatoms. The quantitative estimate of drug-likeness (QED) is 0.295. The van der Waals surface area contributed by atoms with E-state index in [1.807, 2.05) is 6.07 Å². The summed E-state index contributed by atoms with van der Waals surface area (Å²) in [5.74, 6) is 6.10. The van der Waals surface area contributed by atoms with E-state index in [4.69, 9.17) is 31.2 Å². The summed E-state index contributed by atoms with van der Waals surface area (Å²) in [5.41, 5.74) is 10.5. The Labute approximate surface area is 215 Å². The highest BCUT2D eigenvalue weighted by atomic mass is 16.5. The Hall–Kier alpha value is -4.26. The number of ether oxygens (including phenoxy) is 1. The fourth-order valence-electron chi connectivity index (χ4n) is 3.84. The molecular weight excluding hydrogens is 476 g/mol. The highest BCUT2D eigenvalue weighted by Gasteiger charge is 2.18. The SMILES string of the molecule is CC(=O)O.CCc1nc(/C(N)=C(\COc2cc(-n3nccn3)ncn2)N(C)N)ccc1N1CCCCC1. The van der Waals surface area contributed by atoms with Crippen molar-refractivity contribution < 1.29 is 14.6 Å². The molecule has 4 heterocycles. The van der Waals surface area contributed by atoms with Gasteiger partial charge in [0.05, 0.1) is 40.9 Å². The maximum absolute atomic E-state index is 9.00. The van der Waals surface area contributed by atoms with E-state index >= 15 is 0 Å². The second-order valence-electron chi connectivity index (χ2n) is 8.38. The largest absolute Gasteiger partial charge is 0.481 e. The Kier molecular flexibility index (Phi) is 9.72. The van der Waals surface area contributed by atoms with Gasteiger partial charge in [0.1, 0.15) is 12.9 Å². The van der Waals surface area contributed by atoms with Crippen LogP contribution < -0.4 is 21.2 Å². The number of rotatable bonds is 8. The lowest BCUT2D eigenvalue weighted by molar-refractivity contribution is -0.134. The minimum Gasteiger partial charge on any atom is -0.481 e. The molecule has 4 rings (SSSR count). The molecule has 0 aromatic carbocycles. The Morgan fingerprint density at radius 3 is 2.46 bits per heavy atom. The van der Waals surface area contributed by atoms with Crippen LogP contribution in [0.5, 0.6) is 5.88 Å². The number of anilines is 1. The summed E-state index contributed by atoms with van der Waals surface area (Å²) < 4.78 is 5.87. The highest BCUT2D eigenvalue weighted by molar-refractivity contribution is 5.65. The number of carboxylic acids is 1. The first-order valence-corrected chi connectivity index (χ1v) is 12.0. The van der Waals surface area contributed by atoms with Gasteiger partial charge in [-0.05, 0) is 37.8 Å². The average molecular weight is 511 g/mol. The third kappa shape index (κ3) is 7.61. The molecule has 1 aliphatic rings. The van der Waals surface area contributed by atoms with E-state index in [1.54, 1.807) is 25.5 Å². The van der Waals surface area contributed by atoms with Crippen molar-refractivity contribution >= 4 is 17.4 Å². The number of aryl methyl sites for hydroxylation is 1. The number of hydrogen-bond acceptors (Lipinski definition) is 11. The molecule has 3 aromatic heterocycles. The van der Waals surface area contributed by atoms with E-state index in [0.29, 0.717) is 28.8 Å². The second kappa shape index (κ2) is 13.2. The van der Waals surface area contributed by atoms with E-state index in [1.165, 1.54) is 41.1 Å². The molecule has 1 fully saturated rings. The number of aromatic nitrogens is 6. The summed E-state index contributed by atoms with van der Waals surface area (Å²) in [6.45, 7) is 5.44. The van der Waals surface area contributed by atoms with Gasteiger partial charge in [-0.1, -0.05) is 6.92 Å². The van der Waals surface area contributed by atoms with Gasteiger partial charge in [0.15, 0.2) is 5.82 Å². The molecule has 0 radical (unpaired) electrons. The molecule has 13 nitrogen and oxygen atoms in total. The van der Waals surface area contributed by atoms with Crippen molar-refractivity contribution in [3.63, 3.8) is 0 Å². The minimum absolute atomic E-state index is 0.110. The van der Waals surface area contributed by atoms with Crippen molar-refractivity contribution in [1.29, 1.82) is 0 Å². The van der Waals surface area contributed by atoms with Crippen molar-refractivity contribution in [3.05, 3.63) is 54.0 Å². The lowest BCUT2D eigenvalue weighted by Gasteiger charge is -2.30. The topological polar surface area (TPSA) is 174 Å². The van der Waals surface area contributed by atoms with Crippen LogP contribution in [0.15, 0.2) is 42.6 Å². The molecule has 0 atom stereocenters. The summed E-state index contributed by atoms with van der Waals surface area (Å²) in [7, 11) is 1.72. The second-order valence-corrected chi connectivity index (χ2v) is 8.38. The smallest absolute Gasteiger partial charge is 0.300 e. The summed E-state index contributed by atoms with van der Waals surface area (Å²) in [6.07, 6.45) is 9.08. The van der Waals surface area contributed by atoms with Crippen molar-refractivity contribution in [2.75, 3.05) is 31.6 Å². The monoisotopic (exact) mass is 510 g/mol. The molecule has 0 spiro atoms. The predicted molar refractivity (Wildman–Crippen MR) is 138 cm³/mol. The van der Waals surface area contributed by atoms with Crippen molar-refractivity contribution in [2.45, 2.75) is 39.5 Å². The number of aliphatic carboxylic acids is 1. The number of pyridine rings is 1. The fourth-order valence-corrected chi connectivity index (χ4v) is 3.84. The number of likely N-dealkylation sites (N-methyl/N-ethyl adjacent to an activating group) is 1. The van der Waals surface area contributed by atoms with E-state index in [-0.39, 0.29) is 6.61 Å². The standard InChI is InChI=1S/C22H30N10O.C2H4O2/c1-3-16-18(31-11-5-4-6-12-31)8-7-17(29-16)22(23)19(30(2)24)14-33-21-13-20(25-15-26-21)32-27-9-10-28-32;1-2(3)4/h7-10,13,15H,3-6,11-12,14,23-24H2,1-2H3;1H3,(H,3,4)/b22-19-;. The predicted octanol–water partition coefficient (Wildman–Crippen LogP) is 1.61. The van der Waals surface area contributed by atoms with Gasteiger partial charge in [0.25, 0.3) is 5.97 Å². The number of hydrazine groups is 1. The molecule has 3 aromatic rings. The normalized spacial score (nSPS) is 13.8. The molecule has 0 aliphatic carbocycles. The van der Waals surface area contributed by atoms with Gasteiger partial charge in [0, 0.05) is 33.1 Å². The highest BCUT2D eigenvalue weighted by Crippen LogP contribution is 2.26. The maximum atomic E-state index is 9.00. The number of carboxylic acid groups (broad SMARTS) is 1. The zero-order chi connectivity index (χ0) is 26.8. The lowest BCUT2D eigenvalue weighted by atomic mass is 10.1. The van der Waals surface area contributed by atoms with Gasteiger partial charge < -0.3 is 25.5 Å². The Morgan fingerprint density at radius 2 is 1.84 bits per heavy atom. The molecule has 0 amide bonds. The van der Waals surface area contributed by atoms with E-state index in [2.05, 4.69) is 38.1 Å². The van der Waals surface area contributed by atoms with Gasteiger partial charge >= 0.3 is 0 Å². The minimum atomic E-state index is -0.833. The first-order chi connectivity index (χ1) is 17.8. The van der Waals surface area contributed by atoms with E-state index in [9.17, 15) is 0 Å². The summed E-state index contributed by atoms with van der Waals surface area (Å²) in [5, 5.41) is 17.0. The molecule has 0 unspecified atom stereocenters. The fraction of sp³-hybridized carbons (Fsp3) is 0.417. The number of nitrogens with two attached hydrogens (primary N) is 2. The zero-order valence-electron chi connectivity index (χ0n) is 21.4. The molecule has 1 aliphatic heterocycles. The zero-order valence-corrected chi connectivity index (χ0v) is 21.4. The molecular formula is C24H34N10O3. The first-order valence-electron chi connectivity index (χ1n) is 12.0. The molecule has 0 saturated carbocycles. The molecule has 37 heavy (non-hydrogen) atoms. The Balaban J connectivity index is 0.000000886. The van der Waals surface area contributed by atoms with Gasteiger partial charge in [-0.2, -0.15) is 10.2 Å². The third-order valence-electron chi connectivity index (χ3n) is 5.60. The van der Waals surface area contributed by atoms with Gasteiger partial charge in [-0.25, -0.2) is 20.8 Å². The third-order valence-corrected chi connectivity index (χ3v) is 5.60. The van der Waals surface area contributed by atoms with Crippen LogP contribution in [0.4, 0.5) is 5.69 Å². The van der Waals surface area contributed by atoms with Crippen molar-refractivity contribution in [1.82, 2.24) is 35.0 Å². The van der Waals surface area contributed by atoms with Crippen LogP contribution in [-0.2, 0) is 11.2 Å². The van der Waals surface area contributed by atoms with E-state index < -0.39 is 5.97 Å². The van der Waals surface area contributed by atoms with Gasteiger partial charge in [-0.15, -0.1) is 4.80 Å². The van der Waals surface area contributed by atoms with Crippen LogP contribution in [0.1, 0.15) is 44.5 Å². The molecule has 1 saturated heterocycles. The molecule has 198 valence electrons. The molecule has 0 bridgehead atoms. The molecule has 5 N–H and O–H groups in total.